The normalized spacial score (nSPS) is 16.6. The third-order valence-electron chi connectivity index (χ3n) is 1.77. The number of hydrogen-bond acceptors (Lipinski definition) is 2. The summed E-state index contributed by atoms with van der Waals surface area (Å²) in [6.07, 6.45) is 3.50. The van der Waals surface area contributed by atoms with Crippen molar-refractivity contribution in [1.29, 1.82) is 0 Å². The molecule has 0 aliphatic heterocycles. The molecule has 0 radical (unpaired) electrons. The molecule has 0 fully saturated rings. The Hall–Kier alpha value is -0.166. The second-order valence-corrected chi connectivity index (χ2v) is 14.8. The Morgan fingerprint density at radius 2 is 1.00 bits per heavy atom. The molecular formula is C12H26O2Si2. The Balaban J connectivity index is 4.64. The van der Waals surface area contributed by atoms with Gasteiger partial charge in [-0.15, -0.1) is 13.2 Å². The van der Waals surface area contributed by atoms with Crippen LogP contribution in [0, 0.1) is 0 Å². The van der Waals surface area contributed by atoms with Crippen molar-refractivity contribution in [3.8, 4) is 0 Å². The molecule has 0 aliphatic carbocycles. The highest BCUT2D eigenvalue weighted by atomic mass is 28.4. The van der Waals surface area contributed by atoms with Crippen LogP contribution in [0.25, 0.3) is 0 Å². The Kier molecular flexibility index (Phi) is 5.89. The number of hydrogen-bond donors (Lipinski definition) is 0. The zero-order chi connectivity index (χ0) is 13.0. The first kappa shape index (κ1) is 15.8. The standard InChI is InChI=1S/C12H26O2Si2/c1-9-11(13-15(3,4)5)12(10-2)14-16(6,7)8/h9-12H,1-2H2,3-8H3/t11-,12+. The Bertz CT molecular complexity index is 212. The lowest BCUT2D eigenvalue weighted by Crippen LogP contribution is -2.42. The zero-order valence-electron chi connectivity index (χ0n) is 11.5. The molecule has 0 saturated heterocycles. The molecule has 0 N–H and O–H groups in total. The summed E-state index contributed by atoms with van der Waals surface area (Å²) in [7, 11) is -3.16. The molecule has 0 spiro atoms. The maximum absolute atomic E-state index is 6.03. The summed E-state index contributed by atoms with van der Waals surface area (Å²) in [6, 6.07) is 0. The Labute approximate surface area is 103 Å². The van der Waals surface area contributed by atoms with E-state index in [4.69, 9.17) is 8.85 Å². The summed E-state index contributed by atoms with van der Waals surface area (Å²) in [6.45, 7) is 20.6. The molecule has 0 aromatic rings. The van der Waals surface area contributed by atoms with E-state index in [0.717, 1.165) is 0 Å². The van der Waals surface area contributed by atoms with E-state index in [-0.39, 0.29) is 12.2 Å². The molecule has 2 nitrogen and oxygen atoms in total. The molecule has 0 bridgehead atoms. The third kappa shape index (κ3) is 7.16. The van der Waals surface area contributed by atoms with Crippen LogP contribution in [0.4, 0.5) is 0 Å². The van der Waals surface area contributed by atoms with Crippen LogP contribution in [0.15, 0.2) is 25.3 Å². The molecule has 0 heterocycles. The predicted molar refractivity (Wildman–Crippen MR) is 76.8 cm³/mol. The highest BCUT2D eigenvalue weighted by Gasteiger charge is 2.28. The van der Waals surface area contributed by atoms with Gasteiger partial charge in [-0.1, -0.05) is 12.2 Å². The molecular weight excluding hydrogens is 232 g/mol. The van der Waals surface area contributed by atoms with Crippen molar-refractivity contribution >= 4 is 16.6 Å². The molecule has 94 valence electrons. The van der Waals surface area contributed by atoms with Crippen LogP contribution in [0.5, 0.6) is 0 Å². The van der Waals surface area contributed by atoms with Gasteiger partial charge in [0.15, 0.2) is 16.6 Å². The van der Waals surface area contributed by atoms with Crippen molar-refractivity contribution < 1.29 is 8.85 Å². The van der Waals surface area contributed by atoms with Crippen molar-refractivity contribution in [2.75, 3.05) is 0 Å². The van der Waals surface area contributed by atoms with E-state index in [9.17, 15) is 0 Å². The van der Waals surface area contributed by atoms with Crippen LogP contribution >= 0.6 is 0 Å². The van der Waals surface area contributed by atoms with Crippen LogP contribution < -0.4 is 0 Å². The summed E-state index contributed by atoms with van der Waals surface area (Å²) in [5, 5.41) is 0. The van der Waals surface area contributed by atoms with Gasteiger partial charge in [0, 0.05) is 0 Å². The van der Waals surface area contributed by atoms with Gasteiger partial charge in [0.25, 0.3) is 0 Å². The summed E-state index contributed by atoms with van der Waals surface area (Å²) in [4.78, 5) is 0. The Morgan fingerprint density at radius 1 is 0.750 bits per heavy atom. The monoisotopic (exact) mass is 258 g/mol. The van der Waals surface area contributed by atoms with Crippen molar-refractivity contribution in [3.05, 3.63) is 25.3 Å². The molecule has 0 saturated carbocycles. The molecule has 0 rings (SSSR count). The van der Waals surface area contributed by atoms with Gasteiger partial charge in [0.05, 0.1) is 12.2 Å². The van der Waals surface area contributed by atoms with Crippen LogP contribution in [0.1, 0.15) is 0 Å². The number of rotatable bonds is 7. The van der Waals surface area contributed by atoms with Crippen LogP contribution in [0.3, 0.4) is 0 Å². The van der Waals surface area contributed by atoms with Gasteiger partial charge < -0.3 is 8.85 Å². The van der Waals surface area contributed by atoms with Crippen LogP contribution in [0.2, 0.25) is 39.3 Å². The van der Waals surface area contributed by atoms with Crippen LogP contribution in [-0.4, -0.2) is 28.8 Å². The first-order valence-corrected chi connectivity index (χ1v) is 12.5. The first-order chi connectivity index (χ1) is 7.09. The van der Waals surface area contributed by atoms with E-state index >= 15 is 0 Å². The fraction of sp³-hybridized carbons (Fsp3) is 0.667. The highest BCUT2D eigenvalue weighted by molar-refractivity contribution is 6.70. The van der Waals surface area contributed by atoms with Gasteiger partial charge in [0.2, 0.25) is 0 Å². The van der Waals surface area contributed by atoms with E-state index in [0.29, 0.717) is 0 Å². The minimum absolute atomic E-state index is 0.0732. The highest BCUT2D eigenvalue weighted by Crippen LogP contribution is 2.18. The van der Waals surface area contributed by atoms with E-state index in [2.05, 4.69) is 52.4 Å². The minimum atomic E-state index is -1.58. The molecule has 2 atom stereocenters. The van der Waals surface area contributed by atoms with Gasteiger partial charge in [-0.2, -0.15) is 0 Å². The minimum Gasteiger partial charge on any atom is -0.408 e. The molecule has 0 amide bonds. The lowest BCUT2D eigenvalue weighted by Gasteiger charge is -2.32. The van der Waals surface area contributed by atoms with E-state index in [1.54, 1.807) is 0 Å². The van der Waals surface area contributed by atoms with Gasteiger partial charge in [-0.25, -0.2) is 0 Å². The first-order valence-electron chi connectivity index (χ1n) is 5.70. The summed E-state index contributed by atoms with van der Waals surface area (Å²) < 4.78 is 12.1. The molecule has 4 heteroatoms. The van der Waals surface area contributed by atoms with Crippen molar-refractivity contribution in [3.63, 3.8) is 0 Å². The molecule has 0 aromatic carbocycles. The SMILES string of the molecule is C=C[C@H](O[Si](C)(C)C)[C@@H](C=C)O[Si](C)(C)C. The second kappa shape index (κ2) is 5.95. The van der Waals surface area contributed by atoms with Gasteiger partial charge in [-0.05, 0) is 39.3 Å². The maximum Gasteiger partial charge on any atom is 0.184 e. The lowest BCUT2D eigenvalue weighted by atomic mass is 10.2. The van der Waals surface area contributed by atoms with E-state index in [1.807, 2.05) is 12.2 Å². The maximum atomic E-state index is 6.03. The van der Waals surface area contributed by atoms with Crippen molar-refractivity contribution in [2.24, 2.45) is 0 Å². The molecule has 0 unspecified atom stereocenters. The summed E-state index contributed by atoms with van der Waals surface area (Å²) >= 11 is 0. The topological polar surface area (TPSA) is 18.5 Å². The lowest BCUT2D eigenvalue weighted by molar-refractivity contribution is 0.105. The fourth-order valence-electron chi connectivity index (χ4n) is 1.32. The van der Waals surface area contributed by atoms with Gasteiger partial charge in [-0.3, -0.25) is 0 Å². The van der Waals surface area contributed by atoms with E-state index < -0.39 is 16.6 Å². The molecule has 16 heavy (non-hydrogen) atoms. The third-order valence-corrected chi connectivity index (χ3v) is 3.73. The summed E-state index contributed by atoms with van der Waals surface area (Å²) in [5.41, 5.74) is 0. The second-order valence-electron chi connectivity index (χ2n) is 5.86. The average molecular weight is 259 g/mol. The smallest absolute Gasteiger partial charge is 0.184 e. The Morgan fingerprint density at radius 3 is 1.12 bits per heavy atom. The molecule has 0 aromatic heterocycles. The van der Waals surface area contributed by atoms with Gasteiger partial charge >= 0.3 is 0 Å². The fourth-order valence-corrected chi connectivity index (χ4v) is 3.41. The van der Waals surface area contributed by atoms with Gasteiger partial charge in [0.1, 0.15) is 0 Å². The van der Waals surface area contributed by atoms with Crippen molar-refractivity contribution in [1.82, 2.24) is 0 Å². The quantitative estimate of drug-likeness (QED) is 0.511. The predicted octanol–water partition coefficient (Wildman–Crippen LogP) is 3.80. The summed E-state index contributed by atoms with van der Waals surface area (Å²) in [5.74, 6) is 0. The van der Waals surface area contributed by atoms with Crippen LogP contribution in [-0.2, 0) is 8.85 Å². The molecule has 0 aliphatic rings. The zero-order valence-corrected chi connectivity index (χ0v) is 13.5. The average Bonchev–Trinajstić information content (AvgIpc) is 2.07. The largest absolute Gasteiger partial charge is 0.408 e. The van der Waals surface area contributed by atoms with E-state index in [1.165, 1.54) is 0 Å². The van der Waals surface area contributed by atoms with Crippen molar-refractivity contribution in [2.45, 2.75) is 51.5 Å².